The molecule has 0 aliphatic rings. The van der Waals surface area contributed by atoms with Crippen molar-refractivity contribution in [2.24, 2.45) is 0 Å². The van der Waals surface area contributed by atoms with E-state index in [1.807, 2.05) is 0 Å². The molecule has 0 aromatic rings. The van der Waals surface area contributed by atoms with Crippen LogP contribution in [0.4, 0.5) is 0 Å². The van der Waals surface area contributed by atoms with E-state index in [1.165, 1.54) is 0 Å². The van der Waals surface area contributed by atoms with Gasteiger partial charge >= 0.3 is 56.9 Å². The van der Waals surface area contributed by atoms with Crippen molar-refractivity contribution < 1.29 is 24.4 Å². The second-order valence-corrected chi connectivity index (χ2v) is 3.87. The Morgan fingerprint density at radius 2 is 1.44 bits per heavy atom. The summed E-state index contributed by atoms with van der Waals surface area (Å²) in [6.45, 7) is 1.69. The zero-order valence-electron chi connectivity index (χ0n) is 4.85. The number of aliphatic hydroxyl groups excluding tert-OH is 1. The largest absolute Gasteiger partial charge is 0.466 e. The summed E-state index contributed by atoms with van der Waals surface area (Å²) in [6, 6.07) is 0. The minimum Gasteiger partial charge on any atom is -0.303 e. The van der Waals surface area contributed by atoms with Crippen molar-refractivity contribution in [2.45, 2.75) is 6.92 Å². The summed E-state index contributed by atoms with van der Waals surface area (Å²) in [6.07, 6.45) is 0. The minimum atomic E-state index is -4.64. The predicted octanol–water partition coefficient (Wildman–Crippen LogP) is -1.25. The summed E-state index contributed by atoms with van der Waals surface area (Å²) >= 11 is 0.903. The summed E-state index contributed by atoms with van der Waals surface area (Å²) in [7, 11) is -4.64. The van der Waals surface area contributed by atoms with Crippen molar-refractivity contribution in [3.8, 4) is 0 Å². The number of hydrogen-bond donors (Lipinski definition) is 4. The van der Waals surface area contributed by atoms with Crippen molar-refractivity contribution in [2.75, 3.05) is 0 Å². The van der Waals surface area contributed by atoms with Crippen LogP contribution in [0.2, 0.25) is 0 Å². The zero-order valence-corrected chi connectivity index (χ0v) is 7.95. The van der Waals surface area contributed by atoms with E-state index in [0.717, 1.165) is 35.3 Å². The van der Waals surface area contributed by atoms with E-state index in [4.69, 9.17) is 24.4 Å². The fourth-order valence-electron chi connectivity index (χ4n) is 0. The van der Waals surface area contributed by atoms with E-state index >= 15 is 0 Å². The molecule has 0 aliphatic carbocycles. The third-order valence-corrected chi connectivity index (χ3v) is 0. The molecular weight excluding hydrogens is 175 g/mol. The van der Waals surface area contributed by atoms with E-state index in [2.05, 4.69) is 0 Å². The first-order valence-corrected chi connectivity index (χ1v) is 4.53. The molecule has 0 rings (SSSR count). The molecule has 0 aliphatic heterocycles. The Kier molecular flexibility index (Phi) is 8.18. The Bertz CT molecular complexity index is 115. The maximum Gasteiger partial charge on any atom is 0.466 e. The van der Waals surface area contributed by atoms with Crippen molar-refractivity contribution >= 4 is 44.9 Å². The Labute approximate surface area is 75.6 Å². The van der Waals surface area contributed by atoms with E-state index in [9.17, 15) is 0 Å². The van der Waals surface area contributed by atoms with Gasteiger partial charge in [-0.25, -0.2) is 4.57 Å². The van der Waals surface area contributed by atoms with Crippen molar-refractivity contribution in [3.05, 3.63) is 0 Å². The van der Waals surface area contributed by atoms with Gasteiger partial charge in [0.05, 0.1) is 0 Å². The van der Waals surface area contributed by atoms with Crippen LogP contribution in [0.1, 0.15) is 6.92 Å². The SMILES string of the molecule is C[C](O)=[Ca].O=P(O)(O)O. The third-order valence-electron chi connectivity index (χ3n) is 0. The minimum absolute atomic E-state index is 0.542. The summed E-state index contributed by atoms with van der Waals surface area (Å²) in [4.78, 5) is 21.6. The Balaban J connectivity index is 0. The molecule has 0 heterocycles. The molecule has 0 radical (unpaired) electrons. The normalized spacial score (nSPS) is 9.56. The fourth-order valence-corrected chi connectivity index (χ4v) is 0. The Hall–Kier alpha value is 1.04. The van der Waals surface area contributed by atoms with Gasteiger partial charge in [-0.1, -0.05) is 0 Å². The molecule has 0 saturated heterocycles. The van der Waals surface area contributed by atoms with E-state index in [0.29, 0.717) is 1.77 Å². The molecule has 0 atom stereocenters. The summed E-state index contributed by atoms with van der Waals surface area (Å²) in [5.74, 6) is 0. The van der Waals surface area contributed by atoms with Gasteiger partial charge in [0.15, 0.2) is 0 Å². The number of rotatable bonds is 0. The van der Waals surface area contributed by atoms with Crippen LogP contribution in [0, 0.1) is 0 Å². The first-order valence-electron chi connectivity index (χ1n) is 1.86. The van der Waals surface area contributed by atoms with Crippen molar-refractivity contribution in [1.82, 2.24) is 0 Å². The topological polar surface area (TPSA) is 98.0 Å². The third kappa shape index (κ3) is 414. The van der Waals surface area contributed by atoms with Crippen LogP contribution in [0.15, 0.2) is 0 Å². The van der Waals surface area contributed by atoms with E-state index < -0.39 is 7.82 Å². The van der Waals surface area contributed by atoms with E-state index in [-0.39, 0.29) is 0 Å². The van der Waals surface area contributed by atoms with Gasteiger partial charge in [-0.05, 0) is 0 Å². The maximum atomic E-state index is 8.88. The number of hydrogen-bond acceptors (Lipinski definition) is 2. The van der Waals surface area contributed by atoms with Crippen LogP contribution < -0.4 is 0 Å². The second kappa shape index (κ2) is 5.80. The number of aliphatic hydroxyl groups is 1. The van der Waals surface area contributed by atoms with Gasteiger partial charge in [0.25, 0.3) is 0 Å². The van der Waals surface area contributed by atoms with Gasteiger partial charge in [-0.15, -0.1) is 0 Å². The summed E-state index contributed by atoms with van der Waals surface area (Å²) in [5.41, 5.74) is 0. The molecular formula is C2H7CaO5P. The fraction of sp³-hybridized carbons (Fsp3) is 0.500. The number of phosphoric acid groups is 1. The van der Waals surface area contributed by atoms with Gasteiger partial charge in [0.1, 0.15) is 0 Å². The van der Waals surface area contributed by atoms with Gasteiger partial charge in [0, 0.05) is 0 Å². The molecule has 0 amide bonds. The monoisotopic (exact) mass is 182 g/mol. The molecule has 0 spiro atoms. The standard InChI is InChI=1S/C2H4O.Ca.H3O4P/c1-2-3;;1-5(2,3)4/h3H,1H3;;(H3,1,2,3,4). The van der Waals surface area contributed by atoms with E-state index in [1.54, 1.807) is 6.92 Å². The van der Waals surface area contributed by atoms with Gasteiger partial charge in [0.2, 0.25) is 0 Å². The first kappa shape index (κ1) is 12.7. The average molecular weight is 182 g/mol. The van der Waals surface area contributed by atoms with Gasteiger partial charge < -0.3 is 14.7 Å². The van der Waals surface area contributed by atoms with Crippen LogP contribution in [-0.4, -0.2) is 56.8 Å². The van der Waals surface area contributed by atoms with Crippen LogP contribution >= 0.6 is 7.82 Å². The maximum absolute atomic E-state index is 8.88. The molecule has 52 valence electrons. The molecule has 4 N–H and O–H groups in total. The van der Waals surface area contributed by atoms with Crippen LogP contribution in [0.3, 0.4) is 0 Å². The van der Waals surface area contributed by atoms with Crippen LogP contribution in [-0.2, 0) is 4.57 Å². The molecule has 5 nitrogen and oxygen atoms in total. The molecule has 7 heteroatoms. The molecule has 9 heavy (non-hydrogen) atoms. The summed E-state index contributed by atoms with van der Waals surface area (Å²) in [5, 5.41) is 8.03. The molecule has 0 bridgehead atoms. The molecule has 0 saturated carbocycles. The Morgan fingerprint density at radius 1 is 1.44 bits per heavy atom. The average Bonchev–Trinajstić information content (AvgIpc) is 1.19. The second-order valence-electron chi connectivity index (χ2n) is 1.25. The zero-order chi connectivity index (χ0) is 8.08. The molecule has 0 fully saturated rings. The smallest absolute Gasteiger partial charge is 0.303 e. The van der Waals surface area contributed by atoms with Crippen LogP contribution in [0.25, 0.3) is 0 Å². The quantitative estimate of drug-likeness (QED) is 0.277. The van der Waals surface area contributed by atoms with Crippen molar-refractivity contribution in [3.63, 3.8) is 0 Å². The first-order chi connectivity index (χ1) is 3.73. The molecule has 0 aromatic heterocycles. The molecule has 0 unspecified atom stereocenters. The Morgan fingerprint density at radius 3 is 1.44 bits per heavy atom. The van der Waals surface area contributed by atoms with Gasteiger partial charge in [-0.3, -0.25) is 0 Å². The van der Waals surface area contributed by atoms with Crippen molar-refractivity contribution in [1.29, 1.82) is 0 Å². The molecule has 0 aromatic carbocycles. The van der Waals surface area contributed by atoms with Gasteiger partial charge in [-0.2, -0.15) is 0 Å². The summed E-state index contributed by atoms with van der Waals surface area (Å²) < 4.78 is 9.42. The van der Waals surface area contributed by atoms with Crippen LogP contribution in [0.5, 0.6) is 0 Å². The predicted molar refractivity (Wildman–Crippen MR) is 32.6 cm³/mol.